The number of halogens is 1. The predicted octanol–water partition coefficient (Wildman–Crippen LogP) is 1.34. The molecule has 0 aliphatic carbocycles. The number of rotatable bonds is 5. The lowest BCUT2D eigenvalue weighted by Gasteiger charge is -2.06. The van der Waals surface area contributed by atoms with Crippen molar-refractivity contribution < 1.29 is 14.3 Å². The monoisotopic (exact) mass is 254 g/mol. The molecule has 0 aliphatic heterocycles. The smallest absolute Gasteiger partial charge is 0.321 e. The van der Waals surface area contributed by atoms with Gasteiger partial charge in [0.1, 0.15) is 11.9 Å². The van der Waals surface area contributed by atoms with Gasteiger partial charge in [-0.25, -0.2) is 4.39 Å². The van der Waals surface area contributed by atoms with Crippen LogP contribution in [0.3, 0.4) is 0 Å². The molecule has 0 radical (unpaired) electrons. The standard InChI is InChI=1S/C11H11FN2O2S/c12-9-2-7(4-13)1-8(3-9)5-17-6-10(14)11(15)16/h1-3,10H,5-6,14H2,(H,15,16)/t10-/m1/s1. The van der Waals surface area contributed by atoms with Crippen molar-refractivity contribution in [2.45, 2.75) is 11.8 Å². The fourth-order valence-electron chi connectivity index (χ4n) is 1.17. The molecule has 90 valence electrons. The minimum atomic E-state index is -1.06. The quantitative estimate of drug-likeness (QED) is 0.828. The normalized spacial score (nSPS) is 11.8. The third-order valence-electron chi connectivity index (χ3n) is 1.97. The molecule has 0 spiro atoms. The summed E-state index contributed by atoms with van der Waals surface area (Å²) in [5, 5.41) is 17.2. The van der Waals surface area contributed by atoms with E-state index in [0.717, 1.165) is 6.07 Å². The lowest BCUT2D eigenvalue weighted by atomic mass is 10.1. The molecular formula is C11H11FN2O2S. The first-order valence-corrected chi connectivity index (χ1v) is 5.94. The summed E-state index contributed by atoms with van der Waals surface area (Å²) in [6, 6.07) is 4.97. The SMILES string of the molecule is N#Cc1cc(F)cc(CSC[C@@H](N)C(=O)O)c1. The summed E-state index contributed by atoms with van der Waals surface area (Å²) in [5.41, 5.74) is 6.22. The molecule has 0 saturated carbocycles. The molecule has 0 aliphatic rings. The molecule has 3 N–H and O–H groups in total. The highest BCUT2D eigenvalue weighted by Crippen LogP contribution is 2.16. The summed E-state index contributed by atoms with van der Waals surface area (Å²) in [7, 11) is 0. The molecule has 0 unspecified atom stereocenters. The van der Waals surface area contributed by atoms with Crippen LogP contribution in [0.4, 0.5) is 4.39 Å². The Morgan fingerprint density at radius 2 is 2.29 bits per heavy atom. The van der Waals surface area contributed by atoms with Crippen LogP contribution < -0.4 is 5.73 Å². The van der Waals surface area contributed by atoms with Crippen molar-refractivity contribution in [3.63, 3.8) is 0 Å². The van der Waals surface area contributed by atoms with Gasteiger partial charge in [-0.3, -0.25) is 4.79 Å². The molecule has 1 aromatic carbocycles. The van der Waals surface area contributed by atoms with Crippen LogP contribution in [0.25, 0.3) is 0 Å². The zero-order valence-corrected chi connectivity index (χ0v) is 9.71. The highest BCUT2D eigenvalue weighted by atomic mass is 32.2. The summed E-state index contributed by atoms with van der Waals surface area (Å²) in [6.07, 6.45) is 0. The topological polar surface area (TPSA) is 87.1 Å². The molecular weight excluding hydrogens is 243 g/mol. The molecule has 6 heteroatoms. The van der Waals surface area contributed by atoms with E-state index in [9.17, 15) is 9.18 Å². The number of nitrogens with zero attached hydrogens (tertiary/aromatic N) is 1. The number of nitriles is 1. The first-order valence-electron chi connectivity index (χ1n) is 4.78. The Labute approximate surface area is 102 Å². The Morgan fingerprint density at radius 3 is 2.88 bits per heavy atom. The van der Waals surface area contributed by atoms with E-state index in [1.165, 1.54) is 17.8 Å². The van der Waals surface area contributed by atoms with Crippen LogP contribution in [0.15, 0.2) is 18.2 Å². The number of aliphatic carboxylic acids is 1. The van der Waals surface area contributed by atoms with E-state index >= 15 is 0 Å². The Bertz CT molecular complexity index is 459. The summed E-state index contributed by atoms with van der Waals surface area (Å²) in [6.45, 7) is 0. The second-order valence-corrected chi connectivity index (χ2v) is 4.45. The Hall–Kier alpha value is -1.58. The van der Waals surface area contributed by atoms with Gasteiger partial charge in [-0.15, -0.1) is 0 Å². The number of hydrogen-bond donors (Lipinski definition) is 2. The van der Waals surface area contributed by atoms with Gasteiger partial charge in [0.05, 0.1) is 11.6 Å². The van der Waals surface area contributed by atoms with E-state index in [1.807, 2.05) is 6.07 Å². The van der Waals surface area contributed by atoms with E-state index in [0.29, 0.717) is 11.3 Å². The molecule has 0 heterocycles. The Morgan fingerprint density at radius 1 is 1.59 bits per heavy atom. The van der Waals surface area contributed by atoms with Crippen LogP contribution in [0.2, 0.25) is 0 Å². The summed E-state index contributed by atoms with van der Waals surface area (Å²) in [5.74, 6) is -0.863. The van der Waals surface area contributed by atoms with Crippen LogP contribution in [0, 0.1) is 17.1 Å². The molecule has 1 rings (SSSR count). The second kappa shape index (κ2) is 6.23. The zero-order chi connectivity index (χ0) is 12.8. The van der Waals surface area contributed by atoms with Crippen molar-refractivity contribution in [1.29, 1.82) is 5.26 Å². The largest absolute Gasteiger partial charge is 0.480 e. The minimum Gasteiger partial charge on any atom is -0.480 e. The summed E-state index contributed by atoms with van der Waals surface area (Å²) in [4.78, 5) is 10.5. The first-order chi connectivity index (χ1) is 8.02. The van der Waals surface area contributed by atoms with E-state index in [2.05, 4.69) is 0 Å². The molecule has 0 amide bonds. The molecule has 17 heavy (non-hydrogen) atoms. The average molecular weight is 254 g/mol. The molecule has 0 bridgehead atoms. The third kappa shape index (κ3) is 4.43. The van der Waals surface area contributed by atoms with Gasteiger partial charge in [-0.2, -0.15) is 17.0 Å². The van der Waals surface area contributed by atoms with E-state index < -0.39 is 17.8 Å². The Kier molecular flexibility index (Phi) is 4.94. The van der Waals surface area contributed by atoms with Crippen molar-refractivity contribution in [1.82, 2.24) is 0 Å². The van der Waals surface area contributed by atoms with E-state index in [1.54, 1.807) is 6.07 Å². The number of carboxylic acid groups (broad SMARTS) is 1. The van der Waals surface area contributed by atoms with Crippen LogP contribution in [0.1, 0.15) is 11.1 Å². The fraction of sp³-hybridized carbons (Fsp3) is 0.273. The van der Waals surface area contributed by atoms with E-state index in [-0.39, 0.29) is 11.3 Å². The molecule has 0 aromatic heterocycles. The van der Waals surface area contributed by atoms with Crippen molar-refractivity contribution in [3.05, 3.63) is 35.1 Å². The molecule has 1 atom stereocenters. The summed E-state index contributed by atoms with van der Waals surface area (Å²) < 4.78 is 13.0. The van der Waals surface area contributed by atoms with Gasteiger partial charge in [0.2, 0.25) is 0 Å². The van der Waals surface area contributed by atoms with Gasteiger partial charge in [0.15, 0.2) is 0 Å². The number of hydrogen-bond acceptors (Lipinski definition) is 4. The Balaban J connectivity index is 2.55. The van der Waals surface area contributed by atoms with Gasteiger partial charge in [-0.05, 0) is 23.8 Å². The maximum absolute atomic E-state index is 13.0. The highest BCUT2D eigenvalue weighted by Gasteiger charge is 2.11. The van der Waals surface area contributed by atoms with Crippen LogP contribution >= 0.6 is 11.8 Å². The highest BCUT2D eigenvalue weighted by molar-refractivity contribution is 7.98. The van der Waals surface area contributed by atoms with E-state index in [4.69, 9.17) is 16.1 Å². The number of carbonyl (C=O) groups is 1. The molecule has 0 fully saturated rings. The van der Waals surface area contributed by atoms with Gasteiger partial charge >= 0.3 is 5.97 Å². The van der Waals surface area contributed by atoms with Crippen molar-refractivity contribution in [2.24, 2.45) is 5.73 Å². The second-order valence-electron chi connectivity index (χ2n) is 3.42. The maximum atomic E-state index is 13.0. The third-order valence-corrected chi connectivity index (χ3v) is 3.10. The van der Waals surface area contributed by atoms with Gasteiger partial charge in [0.25, 0.3) is 0 Å². The lowest BCUT2D eigenvalue weighted by Crippen LogP contribution is -2.32. The van der Waals surface area contributed by atoms with Crippen LogP contribution in [-0.4, -0.2) is 22.9 Å². The van der Waals surface area contributed by atoms with Gasteiger partial charge in [0, 0.05) is 11.5 Å². The fourth-order valence-corrected chi connectivity index (χ4v) is 2.09. The zero-order valence-electron chi connectivity index (χ0n) is 8.89. The van der Waals surface area contributed by atoms with Crippen LogP contribution in [0.5, 0.6) is 0 Å². The number of nitrogens with two attached hydrogens (primary N) is 1. The number of thioether (sulfide) groups is 1. The molecule has 1 aromatic rings. The van der Waals surface area contributed by atoms with Crippen molar-refractivity contribution in [3.8, 4) is 6.07 Å². The van der Waals surface area contributed by atoms with Gasteiger partial charge in [-0.1, -0.05) is 0 Å². The maximum Gasteiger partial charge on any atom is 0.321 e. The molecule has 0 saturated heterocycles. The number of benzene rings is 1. The van der Waals surface area contributed by atoms with Gasteiger partial charge < -0.3 is 10.8 Å². The van der Waals surface area contributed by atoms with Crippen LogP contribution in [-0.2, 0) is 10.5 Å². The van der Waals surface area contributed by atoms with Crippen molar-refractivity contribution >= 4 is 17.7 Å². The predicted molar refractivity (Wildman–Crippen MR) is 62.9 cm³/mol. The number of carboxylic acids is 1. The molecule has 4 nitrogen and oxygen atoms in total. The minimum absolute atomic E-state index is 0.244. The average Bonchev–Trinajstić information content (AvgIpc) is 2.27. The summed E-state index contributed by atoms with van der Waals surface area (Å²) >= 11 is 1.29. The lowest BCUT2D eigenvalue weighted by molar-refractivity contribution is -0.137. The first kappa shape index (κ1) is 13.5. The van der Waals surface area contributed by atoms with Crippen molar-refractivity contribution in [2.75, 3.05) is 5.75 Å².